The van der Waals surface area contributed by atoms with Crippen molar-refractivity contribution < 1.29 is 4.74 Å². The largest absolute Gasteiger partial charge is 0.457 e. The minimum absolute atomic E-state index is 0.213. The molecule has 4 aromatic rings. The predicted octanol–water partition coefficient (Wildman–Crippen LogP) is 6.73. The Bertz CT molecular complexity index is 1250. The van der Waals surface area contributed by atoms with Crippen LogP contribution in [0.5, 0.6) is 11.5 Å². The summed E-state index contributed by atoms with van der Waals surface area (Å²) in [6.45, 7) is 1.96. The van der Waals surface area contributed by atoms with Gasteiger partial charge in [0.15, 0.2) is 0 Å². The molecule has 2 N–H and O–H groups in total. The van der Waals surface area contributed by atoms with Crippen LogP contribution in [0.25, 0.3) is 22.4 Å². The number of rotatable bonds is 4. The van der Waals surface area contributed by atoms with E-state index in [4.69, 9.17) is 10.5 Å². The molecule has 0 bridgehead atoms. The van der Waals surface area contributed by atoms with E-state index in [9.17, 15) is 5.26 Å². The molecule has 0 saturated carbocycles. The summed E-state index contributed by atoms with van der Waals surface area (Å²) in [6.07, 6.45) is 0. The standard InChI is InChI=1S/C25H18BrN3O/c1-16-23(18-6-5-9-21(14-18)30-20-7-3-2-4-8-20)22(15-27)25(28)29-24(16)17-10-12-19(26)13-11-17/h2-14H,1H3,(H2,28,29). The monoisotopic (exact) mass is 455 g/mol. The summed E-state index contributed by atoms with van der Waals surface area (Å²) in [5.74, 6) is 1.64. The molecule has 0 aliphatic carbocycles. The molecule has 3 aromatic carbocycles. The second-order valence-electron chi connectivity index (χ2n) is 6.78. The lowest BCUT2D eigenvalue weighted by Gasteiger charge is -2.16. The van der Waals surface area contributed by atoms with E-state index < -0.39 is 0 Å². The third kappa shape index (κ3) is 3.91. The minimum Gasteiger partial charge on any atom is -0.457 e. The van der Waals surface area contributed by atoms with E-state index in [2.05, 4.69) is 27.0 Å². The van der Waals surface area contributed by atoms with E-state index >= 15 is 0 Å². The number of hydrogen-bond acceptors (Lipinski definition) is 4. The molecule has 0 atom stereocenters. The Kier molecular flexibility index (Phi) is 5.51. The van der Waals surface area contributed by atoms with Gasteiger partial charge in [-0.2, -0.15) is 5.26 Å². The van der Waals surface area contributed by atoms with Gasteiger partial charge in [-0.15, -0.1) is 0 Å². The zero-order chi connectivity index (χ0) is 21.1. The summed E-state index contributed by atoms with van der Waals surface area (Å²) >= 11 is 3.46. The van der Waals surface area contributed by atoms with Crippen molar-refractivity contribution in [2.45, 2.75) is 6.92 Å². The number of halogens is 1. The van der Waals surface area contributed by atoms with E-state index in [1.807, 2.05) is 85.8 Å². The average Bonchev–Trinajstić information content (AvgIpc) is 2.76. The van der Waals surface area contributed by atoms with Gasteiger partial charge in [0.1, 0.15) is 28.9 Å². The van der Waals surface area contributed by atoms with Crippen LogP contribution in [0.2, 0.25) is 0 Å². The van der Waals surface area contributed by atoms with Gasteiger partial charge in [-0.05, 0) is 54.4 Å². The Morgan fingerprint density at radius 3 is 2.30 bits per heavy atom. The number of nitrogen functional groups attached to an aromatic ring is 1. The lowest BCUT2D eigenvalue weighted by molar-refractivity contribution is 0.483. The van der Waals surface area contributed by atoms with Crippen LogP contribution in [0, 0.1) is 18.3 Å². The molecule has 0 spiro atoms. The van der Waals surface area contributed by atoms with Crippen LogP contribution in [0.4, 0.5) is 5.82 Å². The van der Waals surface area contributed by atoms with Crippen LogP contribution in [0.1, 0.15) is 11.1 Å². The highest BCUT2D eigenvalue weighted by molar-refractivity contribution is 9.10. The number of nitrogens with two attached hydrogens (primary N) is 1. The smallest absolute Gasteiger partial charge is 0.142 e. The van der Waals surface area contributed by atoms with Crippen LogP contribution >= 0.6 is 15.9 Å². The first-order valence-electron chi connectivity index (χ1n) is 9.36. The lowest BCUT2D eigenvalue weighted by Crippen LogP contribution is -2.03. The van der Waals surface area contributed by atoms with Gasteiger partial charge in [-0.25, -0.2) is 4.98 Å². The summed E-state index contributed by atoms with van der Waals surface area (Å²) in [6, 6.07) is 27.3. The van der Waals surface area contributed by atoms with Crippen molar-refractivity contribution in [3.8, 4) is 40.0 Å². The SMILES string of the molecule is Cc1c(-c2ccc(Br)cc2)nc(N)c(C#N)c1-c1cccc(Oc2ccccc2)c1. The number of ether oxygens (including phenoxy) is 1. The summed E-state index contributed by atoms with van der Waals surface area (Å²) in [4.78, 5) is 4.53. The average molecular weight is 456 g/mol. The summed E-state index contributed by atoms with van der Waals surface area (Å²) in [5.41, 5.74) is 10.8. The molecule has 1 heterocycles. The van der Waals surface area contributed by atoms with Crippen molar-refractivity contribution >= 4 is 21.7 Å². The molecule has 0 amide bonds. The fourth-order valence-electron chi connectivity index (χ4n) is 3.40. The van der Waals surface area contributed by atoms with Gasteiger partial charge in [0.05, 0.1) is 5.69 Å². The van der Waals surface area contributed by atoms with Crippen molar-refractivity contribution in [1.29, 1.82) is 5.26 Å². The summed E-state index contributed by atoms with van der Waals surface area (Å²) in [5, 5.41) is 9.78. The third-order valence-electron chi connectivity index (χ3n) is 4.80. The van der Waals surface area contributed by atoms with Crippen molar-refractivity contribution in [2.75, 3.05) is 5.73 Å². The molecule has 4 nitrogen and oxygen atoms in total. The molecule has 0 radical (unpaired) electrons. The number of pyridine rings is 1. The number of anilines is 1. The number of aromatic nitrogens is 1. The molecule has 0 aliphatic rings. The quantitative estimate of drug-likeness (QED) is 0.370. The molecule has 0 unspecified atom stereocenters. The zero-order valence-corrected chi connectivity index (χ0v) is 17.8. The Morgan fingerprint density at radius 2 is 1.60 bits per heavy atom. The topological polar surface area (TPSA) is 71.9 Å². The van der Waals surface area contributed by atoms with Crippen molar-refractivity contribution in [1.82, 2.24) is 4.98 Å². The molecule has 0 aliphatic heterocycles. The fourth-order valence-corrected chi connectivity index (χ4v) is 3.66. The van der Waals surface area contributed by atoms with Gasteiger partial charge < -0.3 is 10.5 Å². The molecule has 30 heavy (non-hydrogen) atoms. The highest BCUT2D eigenvalue weighted by Crippen LogP contribution is 2.37. The molecular formula is C25H18BrN3O. The van der Waals surface area contributed by atoms with Crippen LogP contribution in [-0.4, -0.2) is 4.98 Å². The second-order valence-corrected chi connectivity index (χ2v) is 7.70. The molecule has 1 aromatic heterocycles. The van der Waals surface area contributed by atoms with Gasteiger partial charge in [0.2, 0.25) is 0 Å². The zero-order valence-electron chi connectivity index (χ0n) is 16.3. The maximum absolute atomic E-state index is 9.78. The van der Waals surface area contributed by atoms with Crippen molar-refractivity contribution in [2.24, 2.45) is 0 Å². The van der Waals surface area contributed by atoms with Crippen molar-refractivity contribution in [3.63, 3.8) is 0 Å². The third-order valence-corrected chi connectivity index (χ3v) is 5.33. The Hall–Kier alpha value is -3.62. The summed E-state index contributed by atoms with van der Waals surface area (Å²) < 4.78 is 6.96. The number of hydrogen-bond donors (Lipinski definition) is 1. The number of nitriles is 1. The normalized spacial score (nSPS) is 10.4. The van der Waals surface area contributed by atoms with Crippen LogP contribution < -0.4 is 10.5 Å². The second kappa shape index (κ2) is 8.40. The van der Waals surface area contributed by atoms with Crippen LogP contribution in [0.3, 0.4) is 0 Å². The maximum atomic E-state index is 9.78. The minimum atomic E-state index is 0.213. The first-order chi connectivity index (χ1) is 14.6. The fraction of sp³-hybridized carbons (Fsp3) is 0.0400. The van der Waals surface area contributed by atoms with Gasteiger partial charge in [-0.1, -0.05) is 58.4 Å². The Balaban J connectivity index is 1.85. The highest BCUT2D eigenvalue weighted by Gasteiger charge is 2.18. The first kappa shape index (κ1) is 19.7. The maximum Gasteiger partial charge on any atom is 0.142 e. The molecular weight excluding hydrogens is 438 g/mol. The van der Waals surface area contributed by atoms with Crippen LogP contribution in [0.15, 0.2) is 83.3 Å². The molecule has 4 rings (SSSR count). The van der Waals surface area contributed by atoms with Gasteiger partial charge in [0, 0.05) is 15.6 Å². The van der Waals surface area contributed by atoms with E-state index in [0.717, 1.165) is 38.2 Å². The van der Waals surface area contributed by atoms with E-state index in [1.54, 1.807) is 0 Å². The molecule has 146 valence electrons. The van der Waals surface area contributed by atoms with E-state index in [-0.39, 0.29) is 5.82 Å². The molecule has 5 heteroatoms. The van der Waals surface area contributed by atoms with Gasteiger partial charge in [-0.3, -0.25) is 0 Å². The first-order valence-corrected chi connectivity index (χ1v) is 10.2. The number of benzene rings is 3. The van der Waals surface area contributed by atoms with E-state index in [1.165, 1.54) is 0 Å². The van der Waals surface area contributed by atoms with E-state index in [0.29, 0.717) is 11.3 Å². The number of para-hydroxylation sites is 1. The summed E-state index contributed by atoms with van der Waals surface area (Å²) in [7, 11) is 0. The van der Waals surface area contributed by atoms with Crippen LogP contribution in [-0.2, 0) is 0 Å². The highest BCUT2D eigenvalue weighted by atomic mass is 79.9. The van der Waals surface area contributed by atoms with Gasteiger partial charge in [0.25, 0.3) is 0 Å². The Labute approximate surface area is 183 Å². The van der Waals surface area contributed by atoms with Gasteiger partial charge >= 0.3 is 0 Å². The molecule has 0 fully saturated rings. The Morgan fingerprint density at radius 1 is 0.900 bits per heavy atom. The number of nitrogens with zero attached hydrogens (tertiary/aromatic N) is 2. The van der Waals surface area contributed by atoms with Crippen molar-refractivity contribution in [3.05, 3.63) is 94.5 Å². The lowest BCUT2D eigenvalue weighted by atomic mass is 9.92. The predicted molar refractivity (Wildman–Crippen MR) is 123 cm³/mol. The molecule has 0 saturated heterocycles.